The summed E-state index contributed by atoms with van der Waals surface area (Å²) in [5.74, 6) is -7.02. The van der Waals surface area contributed by atoms with Crippen LogP contribution in [0.15, 0.2) is 12.7 Å². The van der Waals surface area contributed by atoms with Gasteiger partial charge in [0.25, 0.3) is 5.91 Å². The van der Waals surface area contributed by atoms with E-state index in [0.717, 1.165) is 0 Å². The third kappa shape index (κ3) is 16.1. The predicted octanol–water partition coefficient (Wildman–Crippen LogP) is 0.143. The van der Waals surface area contributed by atoms with Crippen LogP contribution in [0.5, 0.6) is 0 Å². The Bertz CT molecular complexity index is 1450. The summed E-state index contributed by atoms with van der Waals surface area (Å²) >= 11 is 0. The number of Topliss-reactive ketones (excluding diaryl/α,β-unsaturated/α-hetero) is 3. The van der Waals surface area contributed by atoms with Crippen molar-refractivity contribution in [2.45, 2.75) is 143 Å². The smallest absolute Gasteiger partial charge is 0.289 e. The van der Waals surface area contributed by atoms with Crippen molar-refractivity contribution in [1.29, 1.82) is 0 Å². The number of ketones is 3. The fourth-order valence-corrected chi connectivity index (χ4v) is 6.01. The first-order valence-corrected chi connectivity index (χ1v) is 19.0. The lowest BCUT2D eigenvalue weighted by atomic mass is 9.98. The highest BCUT2D eigenvalue weighted by atomic mass is 16.2. The van der Waals surface area contributed by atoms with Crippen LogP contribution in [0.1, 0.15) is 107 Å². The van der Waals surface area contributed by atoms with Crippen molar-refractivity contribution in [1.82, 2.24) is 36.8 Å². The maximum Gasteiger partial charge on any atom is 0.289 e. The van der Waals surface area contributed by atoms with E-state index >= 15 is 0 Å². The van der Waals surface area contributed by atoms with Gasteiger partial charge < -0.3 is 46.4 Å². The number of likely N-dealkylation sites (tertiary alicyclic amines) is 1. The average Bonchev–Trinajstić information content (AvgIpc) is 3.60. The molecule has 0 bridgehead atoms. The van der Waals surface area contributed by atoms with E-state index in [1.165, 1.54) is 31.7 Å². The van der Waals surface area contributed by atoms with Crippen molar-refractivity contribution < 1.29 is 47.9 Å². The summed E-state index contributed by atoms with van der Waals surface area (Å²) in [5, 5.41) is 15.5. The van der Waals surface area contributed by atoms with E-state index in [-0.39, 0.29) is 56.8 Å². The summed E-state index contributed by atoms with van der Waals surface area (Å²) in [6, 6.07) is -6.80. The Morgan fingerprint density at radius 3 is 1.71 bits per heavy atom. The zero-order valence-electron chi connectivity index (χ0n) is 33.5. The lowest BCUT2D eigenvalue weighted by Gasteiger charge is -2.33. The quantitative estimate of drug-likeness (QED) is 0.0572. The average molecular weight is 776 g/mol. The first-order chi connectivity index (χ1) is 25.7. The number of hydrogen-bond acceptors (Lipinski definition) is 10. The van der Waals surface area contributed by atoms with Crippen LogP contribution >= 0.6 is 0 Å². The lowest BCUT2D eigenvalue weighted by Crippen LogP contribution is -2.61. The number of nitrogens with zero attached hydrogens (tertiary/aromatic N) is 1. The third-order valence-corrected chi connectivity index (χ3v) is 9.05. The van der Waals surface area contributed by atoms with E-state index in [2.05, 4.69) is 38.5 Å². The summed E-state index contributed by atoms with van der Waals surface area (Å²) in [7, 11) is 0. The minimum absolute atomic E-state index is 0.00888. The van der Waals surface area contributed by atoms with Gasteiger partial charge in [-0.25, -0.2) is 0 Å². The molecule has 1 rings (SSSR count). The van der Waals surface area contributed by atoms with Crippen LogP contribution in [0.3, 0.4) is 0 Å². The highest BCUT2D eigenvalue weighted by Gasteiger charge is 2.41. The van der Waals surface area contributed by atoms with Gasteiger partial charge >= 0.3 is 0 Å². The van der Waals surface area contributed by atoms with E-state index in [0.29, 0.717) is 19.3 Å². The Labute approximate surface area is 323 Å². The zero-order valence-corrected chi connectivity index (χ0v) is 33.5. The Hall–Kier alpha value is -4.96. The number of rotatable bonds is 24. The van der Waals surface area contributed by atoms with E-state index in [9.17, 15) is 47.9 Å². The van der Waals surface area contributed by atoms with Gasteiger partial charge in [0, 0.05) is 32.9 Å². The van der Waals surface area contributed by atoms with Gasteiger partial charge in [-0.15, -0.1) is 6.58 Å². The first-order valence-electron chi connectivity index (χ1n) is 19.0. The Kier molecular flexibility index (Phi) is 20.7. The van der Waals surface area contributed by atoms with Gasteiger partial charge in [-0.2, -0.15) is 0 Å². The molecule has 17 nitrogen and oxygen atoms in total. The minimum Gasteiger partial charge on any atom is -0.346 e. The second kappa shape index (κ2) is 23.7. The summed E-state index contributed by atoms with van der Waals surface area (Å²) in [5.41, 5.74) is 0. The summed E-state index contributed by atoms with van der Waals surface area (Å²) < 4.78 is 0. The molecule has 0 spiro atoms. The molecule has 6 atom stereocenters. The fraction of sp³-hybridized carbons (Fsp3) is 0.684. The van der Waals surface area contributed by atoms with Gasteiger partial charge in [-0.05, 0) is 57.8 Å². The molecular weight excluding hydrogens is 714 g/mol. The third-order valence-electron chi connectivity index (χ3n) is 9.05. The molecule has 17 heteroatoms. The second-order valence-corrected chi connectivity index (χ2v) is 14.7. The zero-order chi connectivity index (χ0) is 42.0. The summed E-state index contributed by atoms with van der Waals surface area (Å²) in [4.78, 5) is 130. The summed E-state index contributed by atoms with van der Waals surface area (Å²) in [6.45, 7) is 16.2. The van der Waals surface area contributed by atoms with Gasteiger partial charge in [0.05, 0.1) is 6.04 Å². The topological polar surface area (TPSA) is 246 Å². The molecule has 1 aliphatic heterocycles. The van der Waals surface area contributed by atoms with E-state index in [1.54, 1.807) is 34.6 Å². The van der Waals surface area contributed by atoms with Gasteiger partial charge in [0.1, 0.15) is 41.8 Å². The van der Waals surface area contributed by atoms with Crippen molar-refractivity contribution >= 4 is 58.7 Å². The molecule has 1 heterocycles. The van der Waals surface area contributed by atoms with Crippen LogP contribution in [0, 0.1) is 11.8 Å². The molecule has 55 heavy (non-hydrogen) atoms. The Morgan fingerprint density at radius 1 is 0.691 bits per heavy atom. The molecule has 0 aliphatic carbocycles. The molecule has 0 saturated carbocycles. The van der Waals surface area contributed by atoms with Crippen LogP contribution in [0.25, 0.3) is 0 Å². The highest BCUT2D eigenvalue weighted by molar-refractivity contribution is 6.38. The maximum absolute atomic E-state index is 14.0. The van der Waals surface area contributed by atoms with Crippen LogP contribution in [-0.4, -0.2) is 113 Å². The molecule has 6 N–H and O–H groups in total. The number of carbonyl (C=O) groups excluding carboxylic acids is 10. The van der Waals surface area contributed by atoms with Crippen LogP contribution in [0.4, 0.5) is 0 Å². The normalized spacial score (nSPS) is 16.5. The molecule has 1 aliphatic rings. The predicted molar refractivity (Wildman–Crippen MR) is 203 cm³/mol. The Balaban J connectivity index is 3.22. The highest BCUT2D eigenvalue weighted by Crippen LogP contribution is 2.21. The largest absolute Gasteiger partial charge is 0.346 e. The number of nitrogens with one attached hydrogen (secondary N) is 6. The molecule has 1 saturated heterocycles. The number of amides is 7. The van der Waals surface area contributed by atoms with E-state index < -0.39 is 95.2 Å². The van der Waals surface area contributed by atoms with Crippen LogP contribution in [0.2, 0.25) is 0 Å². The first kappa shape index (κ1) is 48.1. The van der Waals surface area contributed by atoms with Crippen molar-refractivity contribution in [3.05, 3.63) is 12.7 Å². The van der Waals surface area contributed by atoms with Crippen molar-refractivity contribution in [3.8, 4) is 0 Å². The van der Waals surface area contributed by atoms with Crippen molar-refractivity contribution in [2.75, 3.05) is 13.1 Å². The van der Waals surface area contributed by atoms with Crippen molar-refractivity contribution in [3.63, 3.8) is 0 Å². The van der Waals surface area contributed by atoms with E-state index in [4.69, 9.17) is 0 Å². The number of hydrogen-bond donors (Lipinski definition) is 6. The molecule has 308 valence electrons. The monoisotopic (exact) mass is 775 g/mol. The molecule has 0 aromatic carbocycles. The van der Waals surface area contributed by atoms with E-state index in [1.807, 2.05) is 0 Å². The molecule has 0 aromatic heterocycles. The Morgan fingerprint density at radius 2 is 1.22 bits per heavy atom. The lowest BCUT2D eigenvalue weighted by molar-refractivity contribution is -0.144. The molecule has 0 aromatic rings. The van der Waals surface area contributed by atoms with Crippen molar-refractivity contribution in [2.24, 2.45) is 11.8 Å². The van der Waals surface area contributed by atoms with Gasteiger partial charge in [0.15, 0.2) is 0 Å². The minimum atomic E-state index is -1.29. The molecule has 0 radical (unpaired) electrons. The van der Waals surface area contributed by atoms with Gasteiger partial charge in [-0.1, -0.05) is 47.1 Å². The van der Waals surface area contributed by atoms with Gasteiger partial charge in [0.2, 0.25) is 41.2 Å². The standard InChI is InChI=1S/C38H61N7O10/c1-10-13-26(32(49)37(54)39-19-11-2)41-35(52)29-14-12-20-45(29)38(55)31(22(5)6)44-36(53)30(21(3)4)43-34(51)28(18-16-24(8)47)42-33(50)27(40-25(9)48)17-15-23(7)46/h11,21-22,26-31H,2,10,12-20H2,1,3-9H3,(H,39,54)(H,40,48)(H,41,52)(H,42,50)(H,43,51)(H,44,53). The SMILES string of the molecule is C=CCNC(=O)C(=O)C(CCC)NC(=O)C1CCCN1C(=O)C(NC(=O)C(NC(=O)C(CCC(C)=O)NC(=O)C(CCC(C)=O)NC(C)=O)C(C)C)C(C)C. The van der Waals surface area contributed by atoms with Gasteiger partial charge in [-0.3, -0.25) is 38.4 Å². The molecule has 7 amide bonds. The molecule has 6 unspecified atom stereocenters. The van der Waals surface area contributed by atoms with Crippen LogP contribution in [-0.2, 0) is 47.9 Å². The molecule has 1 fully saturated rings. The number of carbonyl (C=O) groups is 10. The fourth-order valence-electron chi connectivity index (χ4n) is 6.01. The summed E-state index contributed by atoms with van der Waals surface area (Å²) in [6.07, 6.45) is 2.66. The molecular formula is C38H61N7O10. The second-order valence-electron chi connectivity index (χ2n) is 14.7. The maximum atomic E-state index is 14.0. The van der Waals surface area contributed by atoms with Crippen LogP contribution < -0.4 is 31.9 Å².